The first-order chi connectivity index (χ1) is 14.3. The first-order valence-electron chi connectivity index (χ1n) is 11.6. The number of hydrogen-bond donors (Lipinski definition) is 0. The van der Waals surface area contributed by atoms with Crippen LogP contribution in [0.4, 0.5) is 0 Å². The summed E-state index contributed by atoms with van der Waals surface area (Å²) in [6.07, 6.45) is 8.84. The SMILES string of the molecule is c1ccc2c(c1)CCN(Cc1ccc3c(c1)C[C@]1(CCN4CCCC[C@@H]4C1)O3)C2. The number of benzene rings is 2. The van der Waals surface area contributed by atoms with Crippen molar-refractivity contribution < 1.29 is 4.74 Å². The van der Waals surface area contributed by atoms with E-state index in [9.17, 15) is 0 Å². The summed E-state index contributed by atoms with van der Waals surface area (Å²) in [4.78, 5) is 5.32. The smallest absolute Gasteiger partial charge is 0.123 e. The third-order valence-electron chi connectivity index (χ3n) is 7.79. The molecule has 2 aromatic carbocycles. The first kappa shape index (κ1) is 18.0. The third-order valence-corrected chi connectivity index (χ3v) is 7.79. The Morgan fingerprint density at radius 3 is 2.86 bits per heavy atom. The molecular weight excluding hydrogens is 356 g/mol. The monoisotopic (exact) mass is 388 g/mol. The highest BCUT2D eigenvalue weighted by Gasteiger charge is 2.46. The van der Waals surface area contributed by atoms with Gasteiger partial charge in [0.05, 0.1) is 0 Å². The Hall–Kier alpha value is -1.84. The fraction of sp³-hybridized carbons (Fsp3) is 0.538. The molecule has 2 atom stereocenters. The van der Waals surface area contributed by atoms with Gasteiger partial charge in [-0.1, -0.05) is 42.8 Å². The van der Waals surface area contributed by atoms with Crippen molar-refractivity contribution in [3.63, 3.8) is 0 Å². The molecule has 6 rings (SSSR count). The molecule has 0 N–H and O–H groups in total. The lowest BCUT2D eigenvalue weighted by Crippen LogP contribution is -2.54. The number of hydrogen-bond acceptors (Lipinski definition) is 3. The second-order valence-corrected chi connectivity index (χ2v) is 9.77. The molecule has 1 spiro atoms. The Morgan fingerprint density at radius 2 is 1.90 bits per heavy atom. The fourth-order valence-corrected chi connectivity index (χ4v) is 6.25. The Balaban J connectivity index is 1.15. The lowest BCUT2D eigenvalue weighted by molar-refractivity contribution is -0.0249. The zero-order valence-electron chi connectivity index (χ0n) is 17.4. The number of nitrogens with zero attached hydrogens (tertiary/aromatic N) is 2. The highest BCUT2D eigenvalue weighted by atomic mass is 16.5. The summed E-state index contributed by atoms with van der Waals surface area (Å²) in [5.41, 5.74) is 6.00. The van der Waals surface area contributed by atoms with Crippen LogP contribution in [0.3, 0.4) is 0 Å². The lowest BCUT2D eigenvalue weighted by atomic mass is 9.80. The standard InChI is InChI=1S/C26H32N2O/c1-2-6-22-19-27(13-10-21(22)5-1)18-20-8-9-25-23(15-20)16-26(29-25)11-14-28-12-4-3-7-24(28)17-26/h1-2,5-6,8-9,15,24H,3-4,7,10-14,16-19H2/t24-,26+/m1/s1. The van der Waals surface area contributed by atoms with E-state index in [1.54, 1.807) is 0 Å². The van der Waals surface area contributed by atoms with Crippen molar-refractivity contribution in [2.45, 2.75) is 69.7 Å². The van der Waals surface area contributed by atoms with Crippen molar-refractivity contribution in [2.24, 2.45) is 0 Å². The maximum Gasteiger partial charge on any atom is 0.123 e. The molecule has 2 saturated heterocycles. The molecule has 3 heteroatoms. The summed E-state index contributed by atoms with van der Waals surface area (Å²) in [6.45, 7) is 5.80. The molecule has 0 bridgehead atoms. The van der Waals surface area contributed by atoms with Crippen LogP contribution in [0, 0.1) is 0 Å². The van der Waals surface area contributed by atoms with Gasteiger partial charge in [-0.05, 0) is 54.1 Å². The second kappa shape index (κ2) is 7.14. The highest BCUT2D eigenvalue weighted by Crippen LogP contribution is 2.44. The van der Waals surface area contributed by atoms with Gasteiger partial charge in [0, 0.05) is 51.5 Å². The summed E-state index contributed by atoms with van der Waals surface area (Å²) in [5, 5.41) is 0. The summed E-state index contributed by atoms with van der Waals surface area (Å²) in [7, 11) is 0. The highest BCUT2D eigenvalue weighted by molar-refractivity contribution is 5.43. The second-order valence-electron chi connectivity index (χ2n) is 9.77. The van der Waals surface area contributed by atoms with Crippen LogP contribution in [0.2, 0.25) is 0 Å². The van der Waals surface area contributed by atoms with Gasteiger partial charge in [0.2, 0.25) is 0 Å². The van der Waals surface area contributed by atoms with Crippen LogP contribution < -0.4 is 4.74 Å². The summed E-state index contributed by atoms with van der Waals surface area (Å²) >= 11 is 0. The van der Waals surface area contributed by atoms with Gasteiger partial charge in [0.15, 0.2) is 0 Å². The van der Waals surface area contributed by atoms with E-state index in [-0.39, 0.29) is 5.60 Å². The van der Waals surface area contributed by atoms with Crippen LogP contribution >= 0.6 is 0 Å². The van der Waals surface area contributed by atoms with Crippen molar-refractivity contribution in [1.29, 1.82) is 0 Å². The van der Waals surface area contributed by atoms with Crippen molar-refractivity contribution >= 4 is 0 Å². The molecule has 0 aromatic heterocycles. The molecule has 0 unspecified atom stereocenters. The normalized spacial score (nSPS) is 29.2. The number of fused-ring (bicyclic) bond motifs is 3. The molecule has 4 aliphatic rings. The van der Waals surface area contributed by atoms with Crippen molar-refractivity contribution in [3.8, 4) is 5.75 Å². The average molecular weight is 389 g/mol. The molecule has 0 aliphatic carbocycles. The van der Waals surface area contributed by atoms with Gasteiger partial charge < -0.3 is 9.64 Å². The van der Waals surface area contributed by atoms with E-state index in [1.165, 1.54) is 73.9 Å². The molecule has 0 radical (unpaired) electrons. The van der Waals surface area contributed by atoms with Gasteiger partial charge in [-0.15, -0.1) is 0 Å². The van der Waals surface area contributed by atoms with E-state index in [0.29, 0.717) is 0 Å². The molecular formula is C26H32N2O. The molecule has 4 heterocycles. The van der Waals surface area contributed by atoms with Gasteiger partial charge in [-0.3, -0.25) is 4.90 Å². The quantitative estimate of drug-likeness (QED) is 0.750. The maximum atomic E-state index is 6.64. The molecule has 0 amide bonds. The van der Waals surface area contributed by atoms with E-state index < -0.39 is 0 Å². The summed E-state index contributed by atoms with van der Waals surface area (Å²) in [6, 6.07) is 16.7. The van der Waals surface area contributed by atoms with E-state index >= 15 is 0 Å². The third kappa shape index (κ3) is 3.39. The van der Waals surface area contributed by atoms with E-state index in [1.807, 2.05) is 0 Å². The molecule has 2 aromatic rings. The van der Waals surface area contributed by atoms with E-state index in [0.717, 1.165) is 37.8 Å². The van der Waals surface area contributed by atoms with Crippen LogP contribution in [0.1, 0.15) is 54.4 Å². The predicted molar refractivity (Wildman–Crippen MR) is 116 cm³/mol. The van der Waals surface area contributed by atoms with Crippen LogP contribution in [0.5, 0.6) is 5.75 Å². The minimum Gasteiger partial charge on any atom is -0.487 e. The van der Waals surface area contributed by atoms with Crippen molar-refractivity contribution in [2.75, 3.05) is 19.6 Å². The number of rotatable bonds is 2. The van der Waals surface area contributed by atoms with Gasteiger partial charge in [0.25, 0.3) is 0 Å². The molecule has 0 saturated carbocycles. The first-order valence-corrected chi connectivity index (χ1v) is 11.6. The molecule has 2 fully saturated rings. The molecule has 29 heavy (non-hydrogen) atoms. The Bertz CT molecular complexity index is 909. The minimum absolute atomic E-state index is 0.0729. The molecule has 152 valence electrons. The Kier molecular flexibility index (Phi) is 4.42. The van der Waals surface area contributed by atoms with E-state index in [2.05, 4.69) is 52.3 Å². The van der Waals surface area contributed by atoms with Crippen LogP contribution in [0.25, 0.3) is 0 Å². The van der Waals surface area contributed by atoms with Crippen LogP contribution in [-0.4, -0.2) is 41.1 Å². The summed E-state index contributed by atoms with van der Waals surface area (Å²) < 4.78 is 6.64. The zero-order chi connectivity index (χ0) is 19.3. The Labute approximate surface area is 174 Å². The molecule has 3 nitrogen and oxygen atoms in total. The van der Waals surface area contributed by atoms with Crippen LogP contribution in [0.15, 0.2) is 42.5 Å². The van der Waals surface area contributed by atoms with Crippen LogP contribution in [-0.2, 0) is 25.9 Å². The predicted octanol–water partition coefficient (Wildman–Crippen LogP) is 4.57. The van der Waals surface area contributed by atoms with Gasteiger partial charge >= 0.3 is 0 Å². The average Bonchev–Trinajstić information content (AvgIpc) is 3.10. The fourth-order valence-electron chi connectivity index (χ4n) is 6.25. The topological polar surface area (TPSA) is 15.7 Å². The zero-order valence-corrected chi connectivity index (χ0v) is 17.4. The van der Waals surface area contributed by atoms with Crippen molar-refractivity contribution in [3.05, 3.63) is 64.7 Å². The van der Waals surface area contributed by atoms with Crippen molar-refractivity contribution in [1.82, 2.24) is 9.80 Å². The summed E-state index contributed by atoms with van der Waals surface area (Å²) in [5.74, 6) is 1.15. The largest absolute Gasteiger partial charge is 0.487 e. The maximum absolute atomic E-state index is 6.64. The number of piperidine rings is 2. The number of ether oxygens (including phenoxy) is 1. The molecule has 4 aliphatic heterocycles. The Morgan fingerprint density at radius 1 is 0.966 bits per heavy atom. The van der Waals surface area contributed by atoms with Gasteiger partial charge in [-0.2, -0.15) is 0 Å². The van der Waals surface area contributed by atoms with Gasteiger partial charge in [0.1, 0.15) is 11.4 Å². The van der Waals surface area contributed by atoms with Gasteiger partial charge in [-0.25, -0.2) is 0 Å². The van der Waals surface area contributed by atoms with E-state index in [4.69, 9.17) is 4.74 Å². The minimum atomic E-state index is 0.0729. The lowest BCUT2D eigenvalue weighted by Gasteiger charge is -2.46.